The number of carbonyl (C=O) groups excluding carboxylic acids is 1. The molecule has 3 N–H and O–H groups in total. The van der Waals surface area contributed by atoms with E-state index in [2.05, 4.69) is 10.3 Å². The number of H-pyrrole nitrogens is 1. The predicted molar refractivity (Wildman–Crippen MR) is 68.9 cm³/mol. The highest BCUT2D eigenvalue weighted by Gasteiger charge is 2.24. The van der Waals surface area contributed by atoms with E-state index in [1.54, 1.807) is 27.7 Å². The third-order valence-corrected chi connectivity index (χ3v) is 2.19. The lowest BCUT2D eigenvalue weighted by atomic mass is 10.2. The van der Waals surface area contributed by atoms with Crippen molar-refractivity contribution in [1.82, 2.24) is 4.98 Å². The van der Waals surface area contributed by atoms with Crippen molar-refractivity contribution in [3.05, 3.63) is 11.4 Å². The van der Waals surface area contributed by atoms with Crippen molar-refractivity contribution in [3.63, 3.8) is 0 Å². The average molecular weight is 270 g/mol. The second-order valence-corrected chi connectivity index (χ2v) is 4.97. The zero-order chi connectivity index (χ0) is 14.8. The van der Waals surface area contributed by atoms with Crippen LogP contribution in [-0.2, 0) is 4.74 Å². The predicted octanol–water partition coefficient (Wildman–Crippen LogP) is 2.38. The van der Waals surface area contributed by atoms with Gasteiger partial charge in [0.05, 0.1) is 7.11 Å². The first-order valence-electron chi connectivity index (χ1n) is 5.65. The van der Waals surface area contributed by atoms with Crippen molar-refractivity contribution in [2.45, 2.75) is 33.3 Å². The van der Waals surface area contributed by atoms with E-state index < -0.39 is 17.7 Å². The van der Waals surface area contributed by atoms with Gasteiger partial charge >= 0.3 is 12.1 Å². The first-order valence-corrected chi connectivity index (χ1v) is 5.65. The van der Waals surface area contributed by atoms with Gasteiger partial charge in [-0.25, -0.2) is 9.59 Å². The first kappa shape index (κ1) is 14.9. The number of anilines is 1. The highest BCUT2D eigenvalue weighted by molar-refractivity contribution is 5.96. The third kappa shape index (κ3) is 3.64. The molecule has 1 aromatic rings. The Bertz CT molecular complexity index is 499. The zero-order valence-electron chi connectivity index (χ0n) is 11.6. The van der Waals surface area contributed by atoms with Crippen molar-refractivity contribution in [3.8, 4) is 5.75 Å². The number of carbonyl (C=O) groups is 2. The van der Waals surface area contributed by atoms with Gasteiger partial charge in [-0.1, -0.05) is 0 Å². The Morgan fingerprint density at radius 2 is 1.89 bits per heavy atom. The summed E-state index contributed by atoms with van der Waals surface area (Å²) in [7, 11) is 1.33. The fourth-order valence-electron chi connectivity index (χ4n) is 1.51. The molecule has 0 aliphatic carbocycles. The molecular weight excluding hydrogens is 252 g/mol. The largest absolute Gasteiger partial charge is 0.492 e. The minimum absolute atomic E-state index is 0.0656. The summed E-state index contributed by atoms with van der Waals surface area (Å²) in [6.07, 6.45) is -0.676. The van der Waals surface area contributed by atoms with Gasteiger partial charge in [-0.05, 0) is 27.7 Å². The van der Waals surface area contributed by atoms with Crippen LogP contribution < -0.4 is 10.1 Å². The van der Waals surface area contributed by atoms with Crippen LogP contribution in [0.4, 0.5) is 10.5 Å². The second-order valence-electron chi connectivity index (χ2n) is 4.97. The van der Waals surface area contributed by atoms with Crippen LogP contribution in [0.3, 0.4) is 0 Å². The summed E-state index contributed by atoms with van der Waals surface area (Å²) in [6, 6.07) is 0. The summed E-state index contributed by atoms with van der Waals surface area (Å²) >= 11 is 0. The van der Waals surface area contributed by atoms with Crippen molar-refractivity contribution in [2.75, 3.05) is 12.4 Å². The summed E-state index contributed by atoms with van der Waals surface area (Å²) in [5.41, 5.74) is -0.0303. The van der Waals surface area contributed by atoms with E-state index in [-0.39, 0.29) is 17.1 Å². The maximum Gasteiger partial charge on any atom is 0.412 e. The number of ether oxygens (including phenoxy) is 2. The van der Waals surface area contributed by atoms with Crippen molar-refractivity contribution in [2.24, 2.45) is 0 Å². The molecule has 0 aliphatic rings. The lowest BCUT2D eigenvalue weighted by Gasteiger charge is -2.19. The van der Waals surface area contributed by atoms with E-state index in [4.69, 9.17) is 14.6 Å². The number of carboxylic acid groups (broad SMARTS) is 1. The molecule has 1 heterocycles. The number of nitrogens with one attached hydrogen (secondary N) is 2. The number of aryl methyl sites for hydroxylation is 1. The summed E-state index contributed by atoms with van der Waals surface area (Å²) in [4.78, 5) is 25.3. The van der Waals surface area contributed by atoms with Gasteiger partial charge in [-0.15, -0.1) is 0 Å². The van der Waals surface area contributed by atoms with Crippen LogP contribution in [0.1, 0.15) is 37.0 Å². The molecule has 0 fully saturated rings. The molecule has 106 valence electrons. The van der Waals surface area contributed by atoms with Gasteiger partial charge in [-0.2, -0.15) is 0 Å². The number of amides is 1. The Labute approximate surface area is 110 Å². The highest BCUT2D eigenvalue weighted by Crippen LogP contribution is 2.32. The Morgan fingerprint density at radius 3 is 2.32 bits per heavy atom. The number of rotatable bonds is 3. The Kier molecular flexibility index (Phi) is 4.08. The number of methoxy groups -OCH3 is 1. The fourth-order valence-corrected chi connectivity index (χ4v) is 1.51. The zero-order valence-corrected chi connectivity index (χ0v) is 11.6. The van der Waals surface area contributed by atoms with E-state index in [0.29, 0.717) is 5.69 Å². The fraction of sp³-hybridized carbons (Fsp3) is 0.500. The maximum atomic E-state index is 11.7. The lowest BCUT2D eigenvalue weighted by molar-refractivity contribution is 0.0632. The van der Waals surface area contributed by atoms with Gasteiger partial charge in [0.2, 0.25) is 0 Å². The molecule has 0 radical (unpaired) electrons. The molecule has 0 aliphatic heterocycles. The maximum absolute atomic E-state index is 11.7. The average Bonchev–Trinajstić information content (AvgIpc) is 2.53. The quantitative estimate of drug-likeness (QED) is 0.782. The standard InChI is InChI=1S/C12H18N2O5/c1-6-7(14-11(17)19-12(2,3)4)9(18-5)8(13-6)10(15)16/h13H,1-5H3,(H,14,17)(H,15,16). The molecule has 1 aromatic heterocycles. The normalized spacial score (nSPS) is 11.0. The molecular formula is C12H18N2O5. The Morgan fingerprint density at radius 1 is 1.32 bits per heavy atom. The summed E-state index contributed by atoms with van der Waals surface area (Å²) in [5.74, 6) is -1.10. The molecule has 0 aromatic carbocycles. The number of aromatic carboxylic acids is 1. The first-order chi connectivity index (χ1) is 8.65. The molecule has 19 heavy (non-hydrogen) atoms. The van der Waals surface area contributed by atoms with Crippen LogP contribution >= 0.6 is 0 Å². The third-order valence-electron chi connectivity index (χ3n) is 2.19. The number of aromatic amines is 1. The smallest absolute Gasteiger partial charge is 0.412 e. The van der Waals surface area contributed by atoms with Crippen LogP contribution in [0, 0.1) is 6.92 Å². The topological polar surface area (TPSA) is 101 Å². The van der Waals surface area contributed by atoms with Gasteiger partial charge in [-0.3, -0.25) is 5.32 Å². The van der Waals surface area contributed by atoms with Crippen molar-refractivity contribution < 1.29 is 24.2 Å². The molecule has 7 nitrogen and oxygen atoms in total. The van der Waals surface area contributed by atoms with Crippen LogP contribution in [-0.4, -0.2) is 34.9 Å². The van der Waals surface area contributed by atoms with E-state index >= 15 is 0 Å². The summed E-state index contributed by atoms with van der Waals surface area (Å²) in [5, 5.41) is 11.5. The Balaban J connectivity index is 3.01. The van der Waals surface area contributed by atoms with Gasteiger partial charge in [0.1, 0.15) is 11.3 Å². The van der Waals surface area contributed by atoms with E-state index in [0.717, 1.165) is 0 Å². The second kappa shape index (κ2) is 5.21. The van der Waals surface area contributed by atoms with Crippen molar-refractivity contribution in [1.29, 1.82) is 0 Å². The SMILES string of the molecule is COc1c(C(=O)O)[nH]c(C)c1NC(=O)OC(C)(C)C. The molecule has 0 saturated carbocycles. The van der Waals surface area contributed by atoms with Crippen LogP contribution in [0.2, 0.25) is 0 Å². The number of hydrogen-bond acceptors (Lipinski definition) is 4. The number of carboxylic acids is 1. The molecule has 1 rings (SSSR count). The summed E-state index contributed by atoms with van der Waals surface area (Å²) in [6.45, 7) is 6.82. The number of hydrogen-bond donors (Lipinski definition) is 3. The molecule has 0 spiro atoms. The van der Waals surface area contributed by atoms with Crippen LogP contribution in [0.15, 0.2) is 0 Å². The van der Waals surface area contributed by atoms with Crippen LogP contribution in [0.5, 0.6) is 5.75 Å². The van der Waals surface area contributed by atoms with E-state index in [9.17, 15) is 9.59 Å². The number of aromatic nitrogens is 1. The van der Waals surface area contributed by atoms with Gasteiger partial charge in [0.25, 0.3) is 0 Å². The summed E-state index contributed by atoms with van der Waals surface area (Å²) < 4.78 is 10.1. The molecule has 7 heteroatoms. The molecule has 0 unspecified atom stereocenters. The van der Waals surface area contributed by atoms with Gasteiger partial charge in [0, 0.05) is 5.69 Å². The van der Waals surface area contributed by atoms with E-state index in [1.165, 1.54) is 7.11 Å². The molecule has 0 saturated heterocycles. The monoisotopic (exact) mass is 270 g/mol. The molecule has 0 atom stereocenters. The lowest BCUT2D eigenvalue weighted by Crippen LogP contribution is -2.27. The van der Waals surface area contributed by atoms with Gasteiger partial charge < -0.3 is 19.6 Å². The Hall–Kier alpha value is -2.18. The van der Waals surface area contributed by atoms with Gasteiger partial charge in [0.15, 0.2) is 11.4 Å². The molecule has 0 bridgehead atoms. The van der Waals surface area contributed by atoms with E-state index in [1.807, 2.05) is 0 Å². The van der Waals surface area contributed by atoms with Crippen LogP contribution in [0.25, 0.3) is 0 Å². The molecule has 1 amide bonds. The van der Waals surface area contributed by atoms with Crippen molar-refractivity contribution >= 4 is 17.7 Å². The minimum atomic E-state index is -1.17. The highest BCUT2D eigenvalue weighted by atomic mass is 16.6. The minimum Gasteiger partial charge on any atom is -0.492 e.